The fourth-order valence-corrected chi connectivity index (χ4v) is 4.17. The summed E-state index contributed by atoms with van der Waals surface area (Å²) in [6.07, 6.45) is 11.9. The molecule has 23 heavy (non-hydrogen) atoms. The van der Waals surface area contributed by atoms with Gasteiger partial charge in [-0.05, 0) is 42.9 Å². The molecule has 2 nitrogen and oxygen atoms in total. The third kappa shape index (κ3) is 8.04. The number of hydrogen-bond acceptors (Lipinski definition) is 2. The molecule has 134 valence electrons. The molecule has 1 rings (SSSR count). The van der Waals surface area contributed by atoms with Crippen LogP contribution >= 0.6 is 0 Å². The van der Waals surface area contributed by atoms with Crippen LogP contribution in [0.4, 0.5) is 0 Å². The minimum absolute atomic E-state index is 0.367. The Morgan fingerprint density at radius 2 is 1.87 bits per heavy atom. The van der Waals surface area contributed by atoms with Gasteiger partial charge in [0.15, 0.2) is 0 Å². The molecule has 0 aromatic carbocycles. The molecule has 1 fully saturated rings. The van der Waals surface area contributed by atoms with Crippen molar-refractivity contribution in [2.24, 2.45) is 29.6 Å². The molecule has 1 aliphatic carbocycles. The van der Waals surface area contributed by atoms with Crippen molar-refractivity contribution < 1.29 is 9.53 Å². The van der Waals surface area contributed by atoms with Gasteiger partial charge < -0.3 is 4.74 Å². The van der Waals surface area contributed by atoms with E-state index in [0.29, 0.717) is 24.1 Å². The van der Waals surface area contributed by atoms with Gasteiger partial charge in [-0.1, -0.05) is 72.8 Å². The lowest BCUT2D eigenvalue weighted by atomic mass is 9.72. The third-order valence-corrected chi connectivity index (χ3v) is 5.68. The molecule has 0 aromatic rings. The summed E-state index contributed by atoms with van der Waals surface area (Å²) < 4.78 is 4.98. The Morgan fingerprint density at radius 1 is 1.17 bits per heavy atom. The summed E-state index contributed by atoms with van der Waals surface area (Å²) in [6.45, 7) is 13.8. The molecule has 1 saturated carbocycles. The molecule has 4 unspecified atom stereocenters. The van der Waals surface area contributed by atoms with Crippen molar-refractivity contribution in [3.8, 4) is 0 Å². The van der Waals surface area contributed by atoms with E-state index in [0.717, 1.165) is 24.2 Å². The summed E-state index contributed by atoms with van der Waals surface area (Å²) in [6, 6.07) is 0. The summed E-state index contributed by atoms with van der Waals surface area (Å²) in [4.78, 5) is 10.5. The second kappa shape index (κ2) is 10.9. The van der Waals surface area contributed by atoms with Crippen LogP contribution in [0.3, 0.4) is 0 Å². The summed E-state index contributed by atoms with van der Waals surface area (Å²) in [5.41, 5.74) is 0. The van der Waals surface area contributed by atoms with Crippen LogP contribution in [0.2, 0.25) is 0 Å². The zero-order valence-corrected chi connectivity index (χ0v) is 15.9. The van der Waals surface area contributed by atoms with Crippen LogP contribution in [-0.2, 0) is 9.53 Å². The van der Waals surface area contributed by atoms with Crippen LogP contribution in [0.1, 0.15) is 85.5 Å². The van der Waals surface area contributed by atoms with E-state index in [1.807, 2.05) is 0 Å². The molecule has 0 spiro atoms. The molecule has 0 aromatic heterocycles. The number of allylic oxidation sites excluding steroid dienone is 1. The number of ether oxygens (including phenoxy) is 1. The predicted molar refractivity (Wildman–Crippen MR) is 98.0 cm³/mol. The van der Waals surface area contributed by atoms with Crippen LogP contribution < -0.4 is 0 Å². The second-order valence-electron chi connectivity index (χ2n) is 8.30. The molecule has 0 aliphatic heterocycles. The standard InChI is InChI=1S/C21H38O2/c1-16(2)8-6-9-17(3)10-7-11-20-12-13-21(18(4)14-20)19(5)23-15-22/h15-18,20-21H,5-14H2,1-4H3. The fraction of sp³-hybridized carbons (Fsp3) is 0.857. The molecule has 0 amide bonds. The van der Waals surface area contributed by atoms with Crippen molar-refractivity contribution in [1.82, 2.24) is 0 Å². The Bertz CT molecular complexity index is 348. The highest BCUT2D eigenvalue weighted by Crippen LogP contribution is 2.39. The molecule has 0 bridgehead atoms. The highest BCUT2D eigenvalue weighted by atomic mass is 16.5. The average Bonchev–Trinajstić information content (AvgIpc) is 2.47. The Labute approximate surface area is 144 Å². The van der Waals surface area contributed by atoms with Gasteiger partial charge in [0.05, 0.1) is 0 Å². The third-order valence-electron chi connectivity index (χ3n) is 5.68. The molecule has 0 radical (unpaired) electrons. The van der Waals surface area contributed by atoms with Crippen molar-refractivity contribution >= 4 is 6.47 Å². The largest absolute Gasteiger partial charge is 0.434 e. The van der Waals surface area contributed by atoms with E-state index in [-0.39, 0.29) is 0 Å². The van der Waals surface area contributed by atoms with Crippen LogP contribution in [0.15, 0.2) is 12.3 Å². The van der Waals surface area contributed by atoms with Gasteiger partial charge in [0, 0.05) is 5.92 Å². The summed E-state index contributed by atoms with van der Waals surface area (Å²) in [5.74, 6) is 4.20. The first kappa shape index (κ1) is 20.3. The van der Waals surface area contributed by atoms with E-state index in [2.05, 4.69) is 34.3 Å². The van der Waals surface area contributed by atoms with Gasteiger partial charge in [-0.15, -0.1) is 0 Å². The zero-order valence-electron chi connectivity index (χ0n) is 15.9. The maximum absolute atomic E-state index is 10.5. The van der Waals surface area contributed by atoms with E-state index in [1.54, 1.807) is 0 Å². The first-order chi connectivity index (χ1) is 10.9. The van der Waals surface area contributed by atoms with E-state index in [9.17, 15) is 4.79 Å². The number of rotatable bonds is 11. The van der Waals surface area contributed by atoms with Gasteiger partial charge in [-0.25, -0.2) is 0 Å². The Balaban J connectivity index is 2.17. The minimum atomic E-state index is 0.367. The minimum Gasteiger partial charge on any atom is -0.434 e. The molecule has 0 heterocycles. The van der Waals surface area contributed by atoms with Gasteiger partial charge in [0.25, 0.3) is 6.47 Å². The molecule has 0 N–H and O–H groups in total. The van der Waals surface area contributed by atoms with Crippen molar-refractivity contribution in [2.45, 2.75) is 85.5 Å². The molecule has 2 heteroatoms. The molecular weight excluding hydrogens is 284 g/mol. The lowest BCUT2D eigenvalue weighted by Crippen LogP contribution is -2.25. The first-order valence-electron chi connectivity index (χ1n) is 9.73. The van der Waals surface area contributed by atoms with E-state index in [1.165, 1.54) is 51.4 Å². The van der Waals surface area contributed by atoms with Crippen molar-refractivity contribution in [1.29, 1.82) is 0 Å². The normalized spacial score (nSPS) is 26.0. The monoisotopic (exact) mass is 322 g/mol. The maximum atomic E-state index is 10.5. The Morgan fingerprint density at radius 3 is 2.48 bits per heavy atom. The van der Waals surface area contributed by atoms with Crippen LogP contribution in [0.5, 0.6) is 0 Å². The summed E-state index contributed by atoms with van der Waals surface area (Å²) in [5, 5.41) is 0. The molecule has 0 saturated heterocycles. The van der Waals surface area contributed by atoms with E-state index < -0.39 is 0 Å². The van der Waals surface area contributed by atoms with Gasteiger partial charge >= 0.3 is 0 Å². The summed E-state index contributed by atoms with van der Waals surface area (Å²) >= 11 is 0. The van der Waals surface area contributed by atoms with E-state index in [4.69, 9.17) is 4.74 Å². The zero-order chi connectivity index (χ0) is 17.2. The van der Waals surface area contributed by atoms with Crippen molar-refractivity contribution in [2.75, 3.05) is 0 Å². The molecule has 1 aliphatic rings. The topological polar surface area (TPSA) is 26.3 Å². The lowest BCUT2D eigenvalue weighted by molar-refractivity contribution is -0.126. The summed E-state index contributed by atoms with van der Waals surface area (Å²) in [7, 11) is 0. The number of carbonyl (C=O) groups is 1. The highest BCUT2D eigenvalue weighted by Gasteiger charge is 2.30. The van der Waals surface area contributed by atoms with Gasteiger partial charge in [0.2, 0.25) is 0 Å². The maximum Gasteiger partial charge on any atom is 0.298 e. The van der Waals surface area contributed by atoms with E-state index >= 15 is 0 Å². The smallest absolute Gasteiger partial charge is 0.298 e. The molecular formula is C21H38O2. The molecule has 4 atom stereocenters. The van der Waals surface area contributed by atoms with Crippen LogP contribution in [0, 0.1) is 29.6 Å². The number of hydrogen-bond donors (Lipinski definition) is 0. The van der Waals surface area contributed by atoms with Crippen LogP contribution in [0.25, 0.3) is 0 Å². The predicted octanol–water partition coefficient (Wildman–Crippen LogP) is 6.36. The highest BCUT2D eigenvalue weighted by molar-refractivity contribution is 5.39. The fourth-order valence-electron chi connectivity index (χ4n) is 4.17. The Kier molecular flexibility index (Phi) is 9.59. The van der Waals surface area contributed by atoms with Crippen LogP contribution in [-0.4, -0.2) is 6.47 Å². The average molecular weight is 323 g/mol. The van der Waals surface area contributed by atoms with Gasteiger partial charge in [0.1, 0.15) is 5.76 Å². The van der Waals surface area contributed by atoms with Crippen molar-refractivity contribution in [3.05, 3.63) is 12.3 Å². The van der Waals surface area contributed by atoms with Crippen molar-refractivity contribution in [3.63, 3.8) is 0 Å². The Hall–Kier alpha value is -0.790. The van der Waals surface area contributed by atoms with Gasteiger partial charge in [-0.2, -0.15) is 0 Å². The van der Waals surface area contributed by atoms with Gasteiger partial charge in [-0.3, -0.25) is 4.79 Å². The first-order valence-corrected chi connectivity index (χ1v) is 9.73. The SMILES string of the molecule is C=C(OC=O)C1CCC(CCCC(C)CCCC(C)C)CC1C. The lowest BCUT2D eigenvalue weighted by Gasteiger charge is -2.34. The quantitative estimate of drug-likeness (QED) is 0.327. The second-order valence-corrected chi connectivity index (χ2v) is 8.30. The number of carbonyl (C=O) groups excluding carboxylic acids is 1.